The van der Waals surface area contributed by atoms with Crippen molar-refractivity contribution < 1.29 is 0 Å². The summed E-state index contributed by atoms with van der Waals surface area (Å²) >= 11 is 0. The summed E-state index contributed by atoms with van der Waals surface area (Å²) in [6, 6.07) is 5.29. The van der Waals surface area contributed by atoms with Gasteiger partial charge in [-0.3, -0.25) is 14.3 Å². The zero-order valence-electron chi connectivity index (χ0n) is 8.42. The van der Waals surface area contributed by atoms with Crippen molar-refractivity contribution in [3.63, 3.8) is 0 Å². The lowest BCUT2D eigenvalue weighted by Crippen LogP contribution is -2.20. The monoisotopic (exact) mass is 201 g/mol. The molecular weight excluding hydrogens is 190 g/mol. The van der Waals surface area contributed by atoms with Gasteiger partial charge in [-0.25, -0.2) is 4.98 Å². The van der Waals surface area contributed by atoms with Crippen LogP contribution in [0.3, 0.4) is 0 Å². The highest BCUT2D eigenvalue weighted by Gasteiger charge is 1.98. The minimum Gasteiger partial charge on any atom is -0.295 e. The van der Waals surface area contributed by atoms with Gasteiger partial charge in [0.1, 0.15) is 0 Å². The first-order valence-electron chi connectivity index (χ1n) is 4.68. The Hall–Kier alpha value is -1.97. The first-order chi connectivity index (χ1) is 7.25. The molecule has 0 aliphatic rings. The Labute approximate surface area is 87.2 Å². The second kappa shape index (κ2) is 4.04. The SMILES string of the molecule is Cc1cc(=O)n(Cc2ccncc2)cn1. The summed E-state index contributed by atoms with van der Waals surface area (Å²) in [5.41, 5.74) is 1.75. The molecule has 0 saturated heterocycles. The van der Waals surface area contributed by atoms with E-state index < -0.39 is 0 Å². The van der Waals surface area contributed by atoms with Crippen LogP contribution in [0.1, 0.15) is 11.3 Å². The molecule has 0 fully saturated rings. The number of hydrogen-bond donors (Lipinski definition) is 0. The second-order valence-electron chi connectivity index (χ2n) is 3.35. The maximum Gasteiger partial charge on any atom is 0.253 e. The minimum atomic E-state index is -0.0284. The average molecular weight is 201 g/mol. The molecule has 2 aromatic heterocycles. The van der Waals surface area contributed by atoms with Crippen molar-refractivity contribution >= 4 is 0 Å². The third kappa shape index (κ3) is 2.28. The number of hydrogen-bond acceptors (Lipinski definition) is 3. The molecule has 0 saturated carbocycles. The first-order valence-corrected chi connectivity index (χ1v) is 4.68. The molecule has 2 heterocycles. The minimum absolute atomic E-state index is 0.0284. The normalized spacial score (nSPS) is 10.2. The fraction of sp³-hybridized carbons (Fsp3) is 0.182. The predicted octanol–water partition coefficient (Wildman–Crippen LogP) is 0.995. The molecule has 0 aromatic carbocycles. The summed E-state index contributed by atoms with van der Waals surface area (Å²) < 4.78 is 1.57. The van der Waals surface area contributed by atoms with E-state index in [9.17, 15) is 4.79 Å². The van der Waals surface area contributed by atoms with Gasteiger partial charge < -0.3 is 0 Å². The Morgan fingerprint density at radius 2 is 2.07 bits per heavy atom. The van der Waals surface area contributed by atoms with Gasteiger partial charge in [-0.2, -0.15) is 0 Å². The van der Waals surface area contributed by atoms with Crippen molar-refractivity contribution in [2.45, 2.75) is 13.5 Å². The summed E-state index contributed by atoms with van der Waals surface area (Å²) in [5.74, 6) is 0. The number of rotatable bonds is 2. The van der Waals surface area contributed by atoms with Crippen molar-refractivity contribution in [1.29, 1.82) is 0 Å². The lowest BCUT2D eigenvalue weighted by atomic mass is 10.3. The van der Waals surface area contributed by atoms with E-state index >= 15 is 0 Å². The number of nitrogens with zero attached hydrogens (tertiary/aromatic N) is 3. The number of aryl methyl sites for hydroxylation is 1. The van der Waals surface area contributed by atoms with Crippen molar-refractivity contribution in [1.82, 2.24) is 14.5 Å². The highest BCUT2D eigenvalue weighted by atomic mass is 16.1. The van der Waals surface area contributed by atoms with Crippen LogP contribution in [0.5, 0.6) is 0 Å². The van der Waals surface area contributed by atoms with E-state index in [4.69, 9.17) is 0 Å². The number of aromatic nitrogens is 3. The van der Waals surface area contributed by atoms with Gasteiger partial charge in [0.05, 0.1) is 12.9 Å². The molecule has 4 nitrogen and oxygen atoms in total. The van der Waals surface area contributed by atoms with E-state index in [0.29, 0.717) is 6.54 Å². The van der Waals surface area contributed by atoms with E-state index in [-0.39, 0.29) is 5.56 Å². The standard InChI is InChI=1S/C11H11N3O/c1-9-6-11(15)14(8-13-9)7-10-2-4-12-5-3-10/h2-6,8H,7H2,1H3. The molecule has 0 unspecified atom stereocenters. The van der Waals surface area contributed by atoms with Crippen molar-refractivity contribution in [3.8, 4) is 0 Å². The molecule has 0 bridgehead atoms. The van der Waals surface area contributed by atoms with E-state index in [0.717, 1.165) is 11.3 Å². The molecular formula is C11H11N3O. The largest absolute Gasteiger partial charge is 0.295 e. The molecule has 0 amide bonds. The smallest absolute Gasteiger partial charge is 0.253 e. The van der Waals surface area contributed by atoms with Crippen LogP contribution in [-0.4, -0.2) is 14.5 Å². The summed E-state index contributed by atoms with van der Waals surface area (Å²) in [5, 5.41) is 0. The fourth-order valence-corrected chi connectivity index (χ4v) is 1.32. The third-order valence-corrected chi connectivity index (χ3v) is 2.12. The fourth-order valence-electron chi connectivity index (χ4n) is 1.32. The van der Waals surface area contributed by atoms with Crippen LogP contribution >= 0.6 is 0 Å². The summed E-state index contributed by atoms with van der Waals surface area (Å²) in [6.07, 6.45) is 4.99. The molecule has 2 rings (SSSR count). The van der Waals surface area contributed by atoms with Crippen LogP contribution in [-0.2, 0) is 6.54 Å². The Kier molecular flexibility index (Phi) is 2.58. The van der Waals surface area contributed by atoms with Crippen LogP contribution in [0.25, 0.3) is 0 Å². The molecule has 2 aromatic rings. The van der Waals surface area contributed by atoms with Gasteiger partial charge in [-0.05, 0) is 24.6 Å². The molecule has 0 radical (unpaired) electrons. The van der Waals surface area contributed by atoms with Gasteiger partial charge in [-0.1, -0.05) is 0 Å². The molecule has 15 heavy (non-hydrogen) atoms. The van der Waals surface area contributed by atoms with Gasteiger partial charge in [0.2, 0.25) is 0 Å². The molecule has 0 aliphatic heterocycles. The van der Waals surface area contributed by atoms with E-state index in [2.05, 4.69) is 9.97 Å². The van der Waals surface area contributed by atoms with Gasteiger partial charge >= 0.3 is 0 Å². The molecule has 4 heteroatoms. The topological polar surface area (TPSA) is 47.8 Å². The first kappa shape index (κ1) is 9.58. The Balaban J connectivity index is 2.29. The van der Waals surface area contributed by atoms with Crippen LogP contribution in [0, 0.1) is 6.92 Å². The van der Waals surface area contributed by atoms with E-state index in [1.165, 1.54) is 6.07 Å². The zero-order valence-corrected chi connectivity index (χ0v) is 8.42. The Morgan fingerprint density at radius 3 is 2.73 bits per heavy atom. The van der Waals surface area contributed by atoms with Crippen molar-refractivity contribution in [2.24, 2.45) is 0 Å². The number of pyridine rings is 1. The van der Waals surface area contributed by atoms with Crippen LogP contribution in [0.15, 0.2) is 41.7 Å². The zero-order chi connectivity index (χ0) is 10.7. The second-order valence-corrected chi connectivity index (χ2v) is 3.35. The van der Waals surface area contributed by atoms with Crippen LogP contribution < -0.4 is 5.56 Å². The van der Waals surface area contributed by atoms with Crippen LogP contribution in [0.4, 0.5) is 0 Å². The molecule has 0 aliphatic carbocycles. The summed E-state index contributed by atoms with van der Waals surface area (Å²) in [7, 11) is 0. The maximum atomic E-state index is 11.6. The Morgan fingerprint density at radius 1 is 1.33 bits per heavy atom. The van der Waals surface area contributed by atoms with Gasteiger partial charge in [-0.15, -0.1) is 0 Å². The molecule has 0 atom stereocenters. The predicted molar refractivity (Wildman–Crippen MR) is 56.6 cm³/mol. The van der Waals surface area contributed by atoms with Gasteiger partial charge in [0.25, 0.3) is 5.56 Å². The maximum absolute atomic E-state index is 11.6. The average Bonchev–Trinajstić information content (AvgIpc) is 2.24. The summed E-state index contributed by atoms with van der Waals surface area (Å²) in [6.45, 7) is 2.34. The highest BCUT2D eigenvalue weighted by molar-refractivity contribution is 5.10. The van der Waals surface area contributed by atoms with E-state index in [1.54, 1.807) is 30.2 Å². The lowest BCUT2D eigenvalue weighted by molar-refractivity contribution is 0.729. The van der Waals surface area contributed by atoms with Gasteiger partial charge in [0, 0.05) is 24.2 Å². The molecule has 0 spiro atoms. The van der Waals surface area contributed by atoms with E-state index in [1.807, 2.05) is 12.1 Å². The van der Waals surface area contributed by atoms with Crippen molar-refractivity contribution in [2.75, 3.05) is 0 Å². The third-order valence-electron chi connectivity index (χ3n) is 2.12. The molecule has 0 N–H and O–H groups in total. The Bertz CT molecular complexity index is 505. The molecule has 76 valence electrons. The quantitative estimate of drug-likeness (QED) is 0.728. The summed E-state index contributed by atoms with van der Waals surface area (Å²) in [4.78, 5) is 19.6. The highest BCUT2D eigenvalue weighted by Crippen LogP contribution is 1.98. The van der Waals surface area contributed by atoms with Crippen molar-refractivity contribution in [3.05, 3.63) is 58.5 Å². The van der Waals surface area contributed by atoms with Gasteiger partial charge in [0.15, 0.2) is 0 Å². The van der Waals surface area contributed by atoms with Crippen LogP contribution in [0.2, 0.25) is 0 Å². The lowest BCUT2D eigenvalue weighted by Gasteiger charge is -2.04.